The Morgan fingerprint density at radius 1 is 1.13 bits per heavy atom. The summed E-state index contributed by atoms with van der Waals surface area (Å²) >= 11 is 12.0. The second-order valence-electron chi connectivity index (χ2n) is 4.82. The van der Waals surface area contributed by atoms with E-state index in [9.17, 15) is 9.59 Å². The molecule has 2 rings (SSSR count). The van der Waals surface area contributed by atoms with Gasteiger partial charge in [-0.1, -0.05) is 30.1 Å². The number of rotatable bonds is 6. The van der Waals surface area contributed by atoms with Crippen LogP contribution in [0.3, 0.4) is 0 Å². The molecule has 0 aliphatic rings. The van der Waals surface area contributed by atoms with Crippen molar-refractivity contribution in [2.45, 2.75) is 13.3 Å². The van der Waals surface area contributed by atoms with E-state index < -0.39 is 5.91 Å². The van der Waals surface area contributed by atoms with Gasteiger partial charge in [0.15, 0.2) is 5.76 Å². The Labute approximate surface area is 144 Å². The number of carbonyl (C=O) groups is 2. The van der Waals surface area contributed by atoms with Crippen molar-refractivity contribution in [2.24, 2.45) is 0 Å². The van der Waals surface area contributed by atoms with Gasteiger partial charge in [-0.25, -0.2) is 0 Å². The highest BCUT2D eigenvalue weighted by atomic mass is 35.5. The van der Waals surface area contributed by atoms with Crippen LogP contribution in [0.5, 0.6) is 0 Å². The quantitative estimate of drug-likeness (QED) is 0.833. The maximum Gasteiger partial charge on any atom is 0.287 e. The van der Waals surface area contributed by atoms with Crippen LogP contribution in [0.1, 0.15) is 23.9 Å². The molecule has 1 heterocycles. The van der Waals surface area contributed by atoms with Crippen molar-refractivity contribution in [2.75, 3.05) is 13.1 Å². The normalized spacial score (nSPS) is 10.4. The Kier molecular flexibility index (Phi) is 6.07. The number of nitrogens with one attached hydrogen (secondary N) is 2. The Morgan fingerprint density at radius 2 is 1.91 bits per heavy atom. The molecule has 5 nitrogen and oxygen atoms in total. The van der Waals surface area contributed by atoms with Crippen molar-refractivity contribution in [3.8, 4) is 11.3 Å². The highest BCUT2D eigenvalue weighted by molar-refractivity contribution is 6.36. The lowest BCUT2D eigenvalue weighted by Crippen LogP contribution is -2.37. The Bertz CT molecular complexity index is 713. The fourth-order valence-electron chi connectivity index (χ4n) is 1.87. The molecule has 2 N–H and O–H groups in total. The average Bonchev–Trinajstić information content (AvgIpc) is 3.00. The summed E-state index contributed by atoms with van der Waals surface area (Å²) in [7, 11) is 0. The molecule has 23 heavy (non-hydrogen) atoms. The Balaban J connectivity index is 2.01. The molecule has 2 aromatic rings. The first-order valence-corrected chi connectivity index (χ1v) is 7.87. The monoisotopic (exact) mass is 354 g/mol. The molecule has 0 atom stereocenters. The second kappa shape index (κ2) is 8.04. The molecule has 0 bridgehead atoms. The van der Waals surface area contributed by atoms with E-state index in [0.29, 0.717) is 27.9 Å². The van der Waals surface area contributed by atoms with Crippen LogP contribution in [-0.4, -0.2) is 24.9 Å². The summed E-state index contributed by atoms with van der Waals surface area (Å²) in [6, 6.07) is 8.16. The molecule has 0 aliphatic carbocycles. The van der Waals surface area contributed by atoms with Crippen LogP contribution in [0.15, 0.2) is 34.7 Å². The number of hydrogen-bond acceptors (Lipinski definition) is 3. The SMILES string of the molecule is CCCNC(=O)CNC(=O)c1ccc(-c2ccc(Cl)cc2Cl)o1. The average molecular weight is 355 g/mol. The molecular formula is C16H16Cl2N2O3. The maximum atomic E-state index is 12.0. The fraction of sp³-hybridized carbons (Fsp3) is 0.250. The molecule has 0 radical (unpaired) electrons. The zero-order chi connectivity index (χ0) is 16.8. The van der Waals surface area contributed by atoms with Crippen LogP contribution < -0.4 is 10.6 Å². The summed E-state index contributed by atoms with van der Waals surface area (Å²) in [6.45, 7) is 2.43. The molecular weight excluding hydrogens is 339 g/mol. The van der Waals surface area contributed by atoms with E-state index in [1.807, 2.05) is 6.92 Å². The van der Waals surface area contributed by atoms with Crippen molar-refractivity contribution < 1.29 is 14.0 Å². The summed E-state index contributed by atoms with van der Waals surface area (Å²) < 4.78 is 5.49. The number of benzene rings is 1. The summed E-state index contributed by atoms with van der Waals surface area (Å²) in [5.74, 6) is -0.151. The van der Waals surface area contributed by atoms with Gasteiger partial charge in [0.2, 0.25) is 5.91 Å². The fourth-order valence-corrected chi connectivity index (χ4v) is 2.37. The highest BCUT2D eigenvalue weighted by Crippen LogP contribution is 2.31. The lowest BCUT2D eigenvalue weighted by molar-refractivity contribution is -0.120. The third kappa shape index (κ3) is 4.74. The smallest absolute Gasteiger partial charge is 0.287 e. The van der Waals surface area contributed by atoms with Gasteiger partial charge in [0.1, 0.15) is 5.76 Å². The van der Waals surface area contributed by atoms with Crippen LogP contribution in [0.4, 0.5) is 0 Å². The van der Waals surface area contributed by atoms with Gasteiger partial charge in [-0.05, 0) is 36.8 Å². The molecule has 0 saturated heterocycles. The van der Waals surface area contributed by atoms with Crippen molar-refractivity contribution in [3.05, 3.63) is 46.1 Å². The first-order valence-electron chi connectivity index (χ1n) is 7.11. The van der Waals surface area contributed by atoms with E-state index in [1.54, 1.807) is 24.3 Å². The molecule has 0 spiro atoms. The third-order valence-corrected chi connectivity index (χ3v) is 3.56. The molecule has 1 aromatic carbocycles. The minimum Gasteiger partial charge on any atom is -0.451 e. The minimum atomic E-state index is -0.465. The zero-order valence-electron chi connectivity index (χ0n) is 12.5. The topological polar surface area (TPSA) is 71.3 Å². The third-order valence-electron chi connectivity index (χ3n) is 3.01. The van der Waals surface area contributed by atoms with Gasteiger partial charge in [-0.3, -0.25) is 9.59 Å². The Hall–Kier alpha value is -1.98. The van der Waals surface area contributed by atoms with Crippen molar-refractivity contribution in [3.63, 3.8) is 0 Å². The first-order chi connectivity index (χ1) is 11.0. The standard InChI is InChI=1S/C16H16Cl2N2O3/c1-2-7-19-15(21)9-20-16(22)14-6-5-13(23-14)11-4-3-10(17)8-12(11)18/h3-6,8H,2,7,9H2,1H3,(H,19,21)(H,20,22). The summed E-state index contributed by atoms with van der Waals surface area (Å²) in [5.41, 5.74) is 0.635. The first kappa shape index (κ1) is 17.4. The van der Waals surface area contributed by atoms with E-state index in [4.69, 9.17) is 27.6 Å². The predicted octanol–water partition coefficient (Wildman–Crippen LogP) is 3.51. The lowest BCUT2D eigenvalue weighted by atomic mass is 10.2. The molecule has 0 fully saturated rings. The van der Waals surface area contributed by atoms with Gasteiger partial charge in [-0.15, -0.1) is 0 Å². The second-order valence-corrected chi connectivity index (χ2v) is 5.66. The number of hydrogen-bond donors (Lipinski definition) is 2. The Morgan fingerprint density at radius 3 is 2.61 bits per heavy atom. The van der Waals surface area contributed by atoms with Gasteiger partial charge < -0.3 is 15.1 Å². The van der Waals surface area contributed by atoms with Gasteiger partial charge in [0.25, 0.3) is 5.91 Å². The van der Waals surface area contributed by atoms with Gasteiger partial charge in [-0.2, -0.15) is 0 Å². The molecule has 0 unspecified atom stereocenters. The van der Waals surface area contributed by atoms with E-state index in [-0.39, 0.29) is 18.2 Å². The van der Waals surface area contributed by atoms with Crippen LogP contribution in [-0.2, 0) is 4.79 Å². The van der Waals surface area contributed by atoms with E-state index >= 15 is 0 Å². The van der Waals surface area contributed by atoms with E-state index in [2.05, 4.69) is 10.6 Å². The van der Waals surface area contributed by atoms with Gasteiger partial charge in [0, 0.05) is 17.1 Å². The van der Waals surface area contributed by atoms with Crippen LogP contribution in [0.2, 0.25) is 10.0 Å². The van der Waals surface area contributed by atoms with Gasteiger partial charge >= 0.3 is 0 Å². The largest absolute Gasteiger partial charge is 0.451 e. The molecule has 1 aromatic heterocycles. The maximum absolute atomic E-state index is 12.0. The molecule has 7 heteroatoms. The number of halogens is 2. The van der Waals surface area contributed by atoms with Crippen LogP contribution in [0.25, 0.3) is 11.3 Å². The highest BCUT2D eigenvalue weighted by Gasteiger charge is 2.14. The number of furan rings is 1. The summed E-state index contributed by atoms with van der Waals surface area (Å²) in [5, 5.41) is 6.11. The van der Waals surface area contributed by atoms with Crippen LogP contribution >= 0.6 is 23.2 Å². The molecule has 0 aliphatic heterocycles. The number of carbonyl (C=O) groups excluding carboxylic acids is 2. The number of amides is 2. The van der Waals surface area contributed by atoms with E-state index in [0.717, 1.165) is 6.42 Å². The minimum absolute atomic E-state index is 0.101. The molecule has 0 saturated carbocycles. The lowest BCUT2D eigenvalue weighted by Gasteiger charge is -2.04. The van der Waals surface area contributed by atoms with Gasteiger partial charge in [0.05, 0.1) is 11.6 Å². The summed E-state index contributed by atoms with van der Waals surface area (Å²) in [6.07, 6.45) is 0.836. The van der Waals surface area contributed by atoms with Crippen LogP contribution in [0, 0.1) is 0 Å². The predicted molar refractivity (Wildman–Crippen MR) is 89.8 cm³/mol. The van der Waals surface area contributed by atoms with Crippen molar-refractivity contribution in [1.82, 2.24) is 10.6 Å². The van der Waals surface area contributed by atoms with Crippen molar-refractivity contribution in [1.29, 1.82) is 0 Å². The van der Waals surface area contributed by atoms with E-state index in [1.165, 1.54) is 6.07 Å². The molecule has 2 amide bonds. The molecule has 122 valence electrons. The zero-order valence-corrected chi connectivity index (χ0v) is 14.0. The summed E-state index contributed by atoms with van der Waals surface area (Å²) in [4.78, 5) is 23.4. The van der Waals surface area contributed by atoms with Crippen molar-refractivity contribution >= 4 is 35.0 Å².